The van der Waals surface area contributed by atoms with Crippen molar-refractivity contribution >= 4 is 34.4 Å². The van der Waals surface area contributed by atoms with Crippen molar-refractivity contribution < 1.29 is 36.7 Å². The monoisotopic (exact) mass is 495 g/mol. The molecule has 2 heterocycles. The Labute approximate surface area is 191 Å². The van der Waals surface area contributed by atoms with E-state index < -0.39 is 52.9 Å². The third-order valence-corrected chi connectivity index (χ3v) is 5.21. The average molecular weight is 495 g/mol. The molecular weight excluding hydrogens is 470 g/mol. The lowest BCUT2D eigenvalue weighted by Gasteiger charge is -2.28. The van der Waals surface area contributed by atoms with Gasteiger partial charge in [-0.05, 0) is 27.2 Å². The summed E-state index contributed by atoms with van der Waals surface area (Å²) in [5.41, 5.74) is -0.817. The van der Waals surface area contributed by atoms with E-state index >= 15 is 0 Å². The van der Waals surface area contributed by atoms with E-state index in [4.69, 9.17) is 4.74 Å². The van der Waals surface area contributed by atoms with Crippen LogP contribution in [-0.4, -0.2) is 63.4 Å². The number of nitrogens with zero attached hydrogens (tertiary/aromatic N) is 3. The number of aromatic nitrogens is 2. The minimum Gasteiger partial charge on any atom is -0.444 e. The summed E-state index contributed by atoms with van der Waals surface area (Å²) >= 11 is 0.175. The SMILES string of the molecule is CC[C@@H](C=CC(=O)Nc1nnc(C(F)(F)F)s1)NC(=O)[C@@H]1C[C@H](F)CN1C(=O)OC(C)(C)C. The van der Waals surface area contributed by atoms with E-state index in [1.54, 1.807) is 27.7 Å². The van der Waals surface area contributed by atoms with Crippen molar-refractivity contribution in [3.63, 3.8) is 0 Å². The molecule has 1 aromatic heterocycles. The summed E-state index contributed by atoms with van der Waals surface area (Å²) in [7, 11) is 0. The number of hydrogen-bond donors (Lipinski definition) is 2. The molecule has 3 amide bonds. The summed E-state index contributed by atoms with van der Waals surface area (Å²) in [6.45, 7) is 6.39. The average Bonchev–Trinajstić information content (AvgIpc) is 3.30. The van der Waals surface area contributed by atoms with Gasteiger partial charge in [-0.15, -0.1) is 10.2 Å². The molecule has 33 heavy (non-hydrogen) atoms. The van der Waals surface area contributed by atoms with Gasteiger partial charge in [-0.2, -0.15) is 13.2 Å². The predicted octanol–water partition coefficient (Wildman–Crippen LogP) is 3.29. The van der Waals surface area contributed by atoms with Crippen molar-refractivity contribution in [1.29, 1.82) is 0 Å². The standard InChI is InChI=1S/C19H25F4N5O4S/c1-5-11(6-7-13(29)25-16-27-26-15(33-16)19(21,22)23)24-14(30)12-8-10(20)9-28(12)17(31)32-18(2,3)4/h6-7,10-12H,5,8-9H2,1-4H3,(H,24,30)(H,25,27,29)/t10-,11-,12-/m0/s1. The second kappa shape index (κ2) is 10.4. The van der Waals surface area contributed by atoms with Crippen LogP contribution in [0.25, 0.3) is 0 Å². The lowest BCUT2D eigenvalue weighted by atomic mass is 10.1. The lowest BCUT2D eigenvalue weighted by molar-refractivity contribution is -0.138. The van der Waals surface area contributed by atoms with Gasteiger partial charge in [0.2, 0.25) is 22.0 Å². The van der Waals surface area contributed by atoms with Gasteiger partial charge in [0, 0.05) is 18.5 Å². The van der Waals surface area contributed by atoms with E-state index in [9.17, 15) is 31.9 Å². The third-order valence-electron chi connectivity index (χ3n) is 4.33. The van der Waals surface area contributed by atoms with Gasteiger partial charge < -0.3 is 10.1 Å². The molecule has 1 aliphatic heterocycles. The molecule has 0 aliphatic carbocycles. The molecule has 0 bridgehead atoms. The first kappa shape index (κ1) is 26.5. The fraction of sp³-hybridized carbons (Fsp3) is 0.632. The van der Waals surface area contributed by atoms with Crippen molar-refractivity contribution in [1.82, 2.24) is 20.4 Å². The molecule has 184 valence electrons. The smallest absolute Gasteiger partial charge is 0.444 e. The summed E-state index contributed by atoms with van der Waals surface area (Å²) in [6, 6.07) is -1.73. The van der Waals surface area contributed by atoms with E-state index in [1.807, 2.05) is 0 Å². The van der Waals surface area contributed by atoms with Crippen LogP contribution in [0.5, 0.6) is 0 Å². The van der Waals surface area contributed by atoms with Crippen molar-refractivity contribution in [2.24, 2.45) is 0 Å². The number of alkyl halides is 4. The second-order valence-corrected chi connectivity index (χ2v) is 9.24. The molecule has 1 aromatic rings. The minimum atomic E-state index is -4.67. The van der Waals surface area contributed by atoms with Crippen molar-refractivity contribution in [3.8, 4) is 0 Å². The van der Waals surface area contributed by atoms with E-state index in [0.29, 0.717) is 6.42 Å². The van der Waals surface area contributed by atoms with E-state index in [2.05, 4.69) is 20.8 Å². The van der Waals surface area contributed by atoms with Crippen LogP contribution in [0.2, 0.25) is 0 Å². The fourth-order valence-corrected chi connectivity index (χ4v) is 3.47. The van der Waals surface area contributed by atoms with Crippen molar-refractivity contribution in [2.75, 3.05) is 11.9 Å². The molecule has 0 saturated carbocycles. The number of amides is 3. The molecule has 0 radical (unpaired) electrons. The predicted molar refractivity (Wildman–Crippen MR) is 111 cm³/mol. The normalized spacial score (nSPS) is 20.1. The van der Waals surface area contributed by atoms with Crippen LogP contribution in [0.3, 0.4) is 0 Å². The topological polar surface area (TPSA) is 114 Å². The Bertz CT molecular complexity index is 899. The molecule has 0 unspecified atom stereocenters. The van der Waals surface area contributed by atoms with Gasteiger partial charge in [0.05, 0.1) is 6.54 Å². The summed E-state index contributed by atoms with van der Waals surface area (Å²) in [6.07, 6.45) is -4.33. The van der Waals surface area contributed by atoms with Crippen LogP contribution in [0.15, 0.2) is 12.2 Å². The van der Waals surface area contributed by atoms with Gasteiger partial charge in [0.1, 0.15) is 17.8 Å². The quantitative estimate of drug-likeness (QED) is 0.463. The minimum absolute atomic E-state index is 0.175. The van der Waals surface area contributed by atoms with Crippen molar-refractivity contribution in [3.05, 3.63) is 17.2 Å². The summed E-state index contributed by atoms with van der Waals surface area (Å²) in [4.78, 5) is 38.0. The number of carbonyl (C=O) groups excluding carboxylic acids is 3. The Morgan fingerprint density at radius 3 is 2.48 bits per heavy atom. The number of anilines is 1. The maximum Gasteiger partial charge on any atom is 0.445 e. The Kier molecular flexibility index (Phi) is 8.38. The first-order valence-electron chi connectivity index (χ1n) is 10.0. The first-order chi connectivity index (χ1) is 15.2. The van der Waals surface area contributed by atoms with Crippen LogP contribution < -0.4 is 10.6 Å². The summed E-state index contributed by atoms with van der Waals surface area (Å²) in [5.74, 6) is -1.38. The van der Waals surface area contributed by atoms with Gasteiger partial charge in [-0.25, -0.2) is 9.18 Å². The highest BCUT2D eigenvalue weighted by Gasteiger charge is 2.42. The zero-order valence-electron chi connectivity index (χ0n) is 18.4. The Morgan fingerprint density at radius 2 is 1.94 bits per heavy atom. The molecule has 0 aromatic carbocycles. The summed E-state index contributed by atoms with van der Waals surface area (Å²) < 4.78 is 56.9. The van der Waals surface area contributed by atoms with Crippen LogP contribution >= 0.6 is 11.3 Å². The molecule has 0 spiro atoms. The van der Waals surface area contributed by atoms with Gasteiger partial charge in [0.25, 0.3) is 0 Å². The Morgan fingerprint density at radius 1 is 1.27 bits per heavy atom. The first-order valence-corrected chi connectivity index (χ1v) is 10.8. The molecule has 3 atom stereocenters. The maximum absolute atomic E-state index is 14.0. The Hall–Kier alpha value is -2.77. The largest absolute Gasteiger partial charge is 0.445 e. The number of carbonyl (C=O) groups is 3. The molecule has 2 N–H and O–H groups in total. The second-order valence-electron chi connectivity index (χ2n) is 8.26. The number of nitrogens with one attached hydrogen (secondary N) is 2. The third kappa shape index (κ3) is 7.94. The number of halogens is 4. The lowest BCUT2D eigenvalue weighted by Crippen LogP contribution is -2.49. The van der Waals surface area contributed by atoms with Crippen LogP contribution in [0.1, 0.15) is 45.5 Å². The summed E-state index contributed by atoms with van der Waals surface area (Å²) in [5, 5.41) is 9.47. The van der Waals surface area contributed by atoms with Gasteiger partial charge in [-0.3, -0.25) is 19.8 Å². The number of ether oxygens (including phenoxy) is 1. The van der Waals surface area contributed by atoms with Crippen LogP contribution in [0, 0.1) is 0 Å². The number of rotatable bonds is 6. The molecule has 14 heteroatoms. The van der Waals surface area contributed by atoms with Crippen LogP contribution in [0.4, 0.5) is 27.5 Å². The highest BCUT2D eigenvalue weighted by molar-refractivity contribution is 7.15. The van der Waals surface area contributed by atoms with E-state index in [1.165, 1.54) is 6.08 Å². The van der Waals surface area contributed by atoms with Gasteiger partial charge in [0.15, 0.2) is 0 Å². The highest BCUT2D eigenvalue weighted by Crippen LogP contribution is 2.33. The number of hydrogen-bond acceptors (Lipinski definition) is 7. The molecule has 1 saturated heterocycles. The molecule has 1 aliphatic rings. The Balaban J connectivity index is 1.97. The van der Waals surface area contributed by atoms with Crippen LogP contribution in [-0.2, 0) is 20.5 Å². The van der Waals surface area contributed by atoms with E-state index in [0.717, 1.165) is 11.0 Å². The van der Waals surface area contributed by atoms with Crippen molar-refractivity contribution in [2.45, 2.75) is 70.6 Å². The highest BCUT2D eigenvalue weighted by atomic mass is 32.1. The molecule has 2 rings (SSSR count). The maximum atomic E-state index is 14.0. The zero-order chi connectivity index (χ0) is 25.0. The molecule has 1 fully saturated rings. The van der Waals surface area contributed by atoms with Gasteiger partial charge in [-0.1, -0.05) is 24.3 Å². The number of likely N-dealkylation sites (tertiary alicyclic amines) is 1. The fourth-order valence-electron chi connectivity index (χ4n) is 2.86. The molecular formula is C19H25F4N5O4S. The zero-order valence-corrected chi connectivity index (χ0v) is 19.2. The van der Waals surface area contributed by atoms with E-state index in [-0.39, 0.29) is 29.4 Å². The van der Waals surface area contributed by atoms with Gasteiger partial charge >= 0.3 is 12.3 Å². The molecule has 9 nitrogen and oxygen atoms in total.